The number of hydrogen-bond acceptors (Lipinski definition) is 5. The highest BCUT2D eigenvalue weighted by Crippen LogP contribution is 2.37. The zero-order valence-electron chi connectivity index (χ0n) is 17.8. The summed E-state index contributed by atoms with van der Waals surface area (Å²) in [4.78, 5) is 12.8. The normalized spacial score (nSPS) is 15.0. The van der Waals surface area contributed by atoms with E-state index in [1.807, 2.05) is 13.8 Å². The molecule has 0 atom stereocenters. The molecule has 31 heavy (non-hydrogen) atoms. The summed E-state index contributed by atoms with van der Waals surface area (Å²) in [5.41, 5.74) is 1.08. The maximum absolute atomic E-state index is 12.6. The Hall–Kier alpha value is -2.35. The number of sulfonamides is 1. The first-order chi connectivity index (χ1) is 14.7. The lowest BCUT2D eigenvalue weighted by Crippen LogP contribution is -2.27. The molecule has 2 aromatic carbocycles. The fourth-order valence-electron chi connectivity index (χ4n) is 3.32. The van der Waals surface area contributed by atoms with Crippen molar-refractivity contribution in [3.8, 4) is 11.5 Å². The number of benzene rings is 2. The quantitative estimate of drug-likeness (QED) is 0.414. The van der Waals surface area contributed by atoms with Crippen LogP contribution in [0.15, 0.2) is 47.4 Å². The van der Waals surface area contributed by atoms with E-state index in [0.29, 0.717) is 40.7 Å². The lowest BCUT2D eigenvalue weighted by atomic mass is 10.1. The molecule has 0 amide bonds. The van der Waals surface area contributed by atoms with Gasteiger partial charge in [-0.3, -0.25) is 4.79 Å². The Balaban J connectivity index is 1.76. The molecule has 0 N–H and O–H groups in total. The fourth-order valence-corrected chi connectivity index (χ4v) is 5.10. The minimum Gasteiger partial charge on any atom is -0.493 e. The topological polar surface area (TPSA) is 72.9 Å². The van der Waals surface area contributed by atoms with Gasteiger partial charge in [0.2, 0.25) is 10.0 Å². The maximum Gasteiger partial charge on any atom is 0.243 e. The molecule has 0 bridgehead atoms. The highest BCUT2D eigenvalue weighted by atomic mass is 35.5. The van der Waals surface area contributed by atoms with Crippen LogP contribution < -0.4 is 9.47 Å². The SMILES string of the molecule is COc1cc(/C=C/C(=O)c2ccc(S(=O)(=O)N3CCCC3)cc2)cc(Cl)c1OC(C)C. The van der Waals surface area contributed by atoms with Crippen LogP contribution in [0.3, 0.4) is 0 Å². The molecule has 0 radical (unpaired) electrons. The molecule has 2 aromatic rings. The van der Waals surface area contributed by atoms with Crippen LogP contribution in [-0.4, -0.2) is 44.8 Å². The number of methoxy groups -OCH3 is 1. The van der Waals surface area contributed by atoms with Gasteiger partial charge in [-0.15, -0.1) is 0 Å². The third-order valence-corrected chi connectivity index (χ3v) is 7.07. The molecule has 166 valence electrons. The molecule has 3 rings (SSSR count). The van der Waals surface area contributed by atoms with E-state index in [1.165, 1.54) is 41.8 Å². The molecular formula is C23H26ClNO5S. The zero-order chi connectivity index (χ0) is 22.6. The van der Waals surface area contributed by atoms with E-state index in [9.17, 15) is 13.2 Å². The van der Waals surface area contributed by atoms with Gasteiger partial charge in [-0.25, -0.2) is 8.42 Å². The molecule has 0 saturated carbocycles. The summed E-state index contributed by atoms with van der Waals surface area (Å²) < 4.78 is 37.7. The largest absolute Gasteiger partial charge is 0.493 e. The summed E-state index contributed by atoms with van der Waals surface area (Å²) in [6.45, 7) is 4.87. The van der Waals surface area contributed by atoms with Crippen LogP contribution in [0.5, 0.6) is 11.5 Å². The minimum atomic E-state index is -3.50. The Morgan fingerprint density at radius 2 is 1.77 bits per heavy atom. The van der Waals surface area contributed by atoms with Gasteiger partial charge in [-0.05, 0) is 74.7 Å². The summed E-state index contributed by atoms with van der Waals surface area (Å²) in [7, 11) is -1.98. The van der Waals surface area contributed by atoms with Crippen LogP contribution in [0.25, 0.3) is 6.08 Å². The summed E-state index contributed by atoms with van der Waals surface area (Å²) in [5.74, 6) is 0.685. The van der Waals surface area contributed by atoms with Crippen LogP contribution in [0, 0.1) is 0 Å². The number of allylic oxidation sites excluding steroid dienone is 1. The van der Waals surface area contributed by atoms with Crippen LogP contribution in [0.1, 0.15) is 42.6 Å². The van der Waals surface area contributed by atoms with Gasteiger partial charge in [0.15, 0.2) is 17.3 Å². The van der Waals surface area contributed by atoms with Crippen molar-refractivity contribution in [3.63, 3.8) is 0 Å². The zero-order valence-corrected chi connectivity index (χ0v) is 19.4. The van der Waals surface area contributed by atoms with E-state index < -0.39 is 10.0 Å². The Bertz CT molecular complexity index is 1070. The van der Waals surface area contributed by atoms with Crippen molar-refractivity contribution in [1.29, 1.82) is 0 Å². The summed E-state index contributed by atoms with van der Waals surface area (Å²) >= 11 is 6.32. The van der Waals surface area contributed by atoms with Crippen molar-refractivity contribution >= 4 is 33.5 Å². The first-order valence-corrected chi connectivity index (χ1v) is 11.9. The predicted octanol–water partition coefficient (Wildman–Crippen LogP) is 4.82. The van der Waals surface area contributed by atoms with Crippen molar-refractivity contribution < 1.29 is 22.7 Å². The van der Waals surface area contributed by atoms with Crippen molar-refractivity contribution in [2.45, 2.75) is 37.7 Å². The molecule has 0 aromatic heterocycles. The molecule has 1 fully saturated rings. The number of carbonyl (C=O) groups excluding carboxylic acids is 1. The molecular weight excluding hydrogens is 438 g/mol. The van der Waals surface area contributed by atoms with Gasteiger partial charge in [0.05, 0.1) is 23.1 Å². The maximum atomic E-state index is 12.6. The molecule has 1 heterocycles. The molecule has 1 saturated heterocycles. The second-order valence-corrected chi connectivity index (χ2v) is 9.88. The molecule has 1 aliphatic rings. The first kappa shape index (κ1) is 23.3. The van der Waals surface area contributed by atoms with Crippen LogP contribution >= 0.6 is 11.6 Å². The van der Waals surface area contributed by atoms with E-state index in [4.69, 9.17) is 21.1 Å². The molecule has 1 aliphatic heterocycles. The summed E-state index contributed by atoms with van der Waals surface area (Å²) in [5, 5.41) is 0.386. The average Bonchev–Trinajstić information content (AvgIpc) is 3.29. The minimum absolute atomic E-state index is 0.0633. The number of halogens is 1. The monoisotopic (exact) mass is 463 g/mol. The standard InChI is InChI=1S/C23H26ClNO5S/c1-16(2)30-23-20(24)14-17(15-22(23)29-3)6-11-21(26)18-7-9-19(10-8-18)31(27,28)25-12-4-5-13-25/h6-11,14-16H,4-5,12-13H2,1-3H3/b11-6+. The van der Waals surface area contributed by atoms with Crippen molar-refractivity contribution in [2.24, 2.45) is 0 Å². The third kappa shape index (κ3) is 5.47. The van der Waals surface area contributed by atoms with Crippen LogP contribution in [-0.2, 0) is 10.0 Å². The summed E-state index contributed by atoms with van der Waals surface area (Å²) in [6, 6.07) is 9.45. The molecule has 6 nitrogen and oxygen atoms in total. The highest BCUT2D eigenvalue weighted by Gasteiger charge is 2.27. The Kier molecular flexibility index (Phi) is 7.41. The van der Waals surface area contributed by atoms with E-state index in [0.717, 1.165) is 12.8 Å². The smallest absolute Gasteiger partial charge is 0.243 e. The van der Waals surface area contributed by atoms with Gasteiger partial charge in [0.1, 0.15) is 0 Å². The lowest BCUT2D eigenvalue weighted by Gasteiger charge is -2.15. The molecule has 8 heteroatoms. The second kappa shape index (κ2) is 9.85. The number of ketones is 1. The number of ether oxygens (including phenoxy) is 2. The van der Waals surface area contributed by atoms with Gasteiger partial charge in [0, 0.05) is 18.7 Å². The van der Waals surface area contributed by atoms with Gasteiger partial charge < -0.3 is 9.47 Å². The molecule has 0 spiro atoms. The molecule has 0 aliphatic carbocycles. The van der Waals surface area contributed by atoms with E-state index >= 15 is 0 Å². The van der Waals surface area contributed by atoms with Gasteiger partial charge >= 0.3 is 0 Å². The Morgan fingerprint density at radius 3 is 2.35 bits per heavy atom. The summed E-state index contributed by atoms with van der Waals surface area (Å²) in [6.07, 6.45) is 4.73. The lowest BCUT2D eigenvalue weighted by molar-refractivity contribution is 0.104. The van der Waals surface area contributed by atoms with E-state index in [1.54, 1.807) is 18.2 Å². The Morgan fingerprint density at radius 1 is 1.13 bits per heavy atom. The Labute approximate surface area is 188 Å². The predicted molar refractivity (Wildman–Crippen MR) is 122 cm³/mol. The third-order valence-electron chi connectivity index (χ3n) is 4.87. The average molecular weight is 464 g/mol. The number of rotatable bonds is 8. The van der Waals surface area contributed by atoms with Crippen LogP contribution in [0.4, 0.5) is 0 Å². The van der Waals surface area contributed by atoms with Gasteiger partial charge in [-0.1, -0.05) is 17.7 Å². The van der Waals surface area contributed by atoms with Crippen molar-refractivity contribution in [2.75, 3.05) is 20.2 Å². The highest BCUT2D eigenvalue weighted by molar-refractivity contribution is 7.89. The van der Waals surface area contributed by atoms with Crippen LogP contribution in [0.2, 0.25) is 5.02 Å². The van der Waals surface area contributed by atoms with Gasteiger partial charge in [0.25, 0.3) is 0 Å². The number of hydrogen-bond donors (Lipinski definition) is 0. The van der Waals surface area contributed by atoms with Crippen molar-refractivity contribution in [3.05, 3.63) is 58.6 Å². The van der Waals surface area contributed by atoms with Crippen molar-refractivity contribution in [1.82, 2.24) is 4.31 Å². The fraction of sp³-hybridized carbons (Fsp3) is 0.348. The first-order valence-electron chi connectivity index (χ1n) is 10.1. The van der Waals surface area contributed by atoms with Gasteiger partial charge in [-0.2, -0.15) is 4.31 Å². The molecule has 0 unspecified atom stereocenters. The van der Waals surface area contributed by atoms with E-state index in [-0.39, 0.29) is 16.8 Å². The number of nitrogens with zero attached hydrogens (tertiary/aromatic N) is 1. The van der Waals surface area contributed by atoms with E-state index in [2.05, 4.69) is 0 Å². The number of carbonyl (C=O) groups is 1. The second-order valence-electron chi connectivity index (χ2n) is 7.53.